The molecule has 0 bridgehead atoms. The second-order valence-corrected chi connectivity index (χ2v) is 12.9. The predicted molar refractivity (Wildman–Crippen MR) is 133 cm³/mol. The molecule has 5 unspecified atom stereocenters. The van der Waals surface area contributed by atoms with Gasteiger partial charge in [0, 0.05) is 0 Å². The molecule has 0 spiro atoms. The molecule has 5 atom stereocenters. The van der Waals surface area contributed by atoms with Gasteiger partial charge in [-0.15, -0.1) is 0 Å². The quantitative estimate of drug-likeness (QED) is 0.224. The molecule has 0 aromatic heterocycles. The molecule has 0 heteroatoms. The van der Waals surface area contributed by atoms with Gasteiger partial charge in [-0.3, -0.25) is 0 Å². The average molecular weight is 407 g/mol. The standard InChI is InChI=1S/C29H58/c1-11-26(18-17-23(4)5)28(8,9)19-14-20-29(10)21-27(29)25(7)24(6)16-13-12-15-22(2)3/h22-27H,11-21H2,1-10H3. The number of rotatable bonds is 16. The fourth-order valence-electron chi connectivity index (χ4n) is 6.06. The average Bonchev–Trinajstić information content (AvgIpc) is 3.28. The van der Waals surface area contributed by atoms with E-state index in [1.165, 1.54) is 70.6 Å². The summed E-state index contributed by atoms with van der Waals surface area (Å²) in [4.78, 5) is 0. The highest BCUT2D eigenvalue weighted by Gasteiger charge is 2.52. The van der Waals surface area contributed by atoms with Crippen LogP contribution in [-0.4, -0.2) is 0 Å². The minimum absolute atomic E-state index is 0.514. The van der Waals surface area contributed by atoms with E-state index in [1.807, 2.05) is 0 Å². The Morgan fingerprint density at radius 1 is 0.828 bits per heavy atom. The SMILES string of the molecule is CCC(CCC(C)C)C(C)(C)CCCC1(C)CC1C(C)C(C)CCCCC(C)C. The zero-order chi connectivity index (χ0) is 22.2. The van der Waals surface area contributed by atoms with E-state index in [0.717, 1.165) is 35.5 Å². The second kappa shape index (κ2) is 12.1. The maximum Gasteiger partial charge on any atom is -0.0292 e. The predicted octanol–water partition coefficient (Wildman–Crippen LogP) is 10.2. The molecule has 0 heterocycles. The van der Waals surface area contributed by atoms with Gasteiger partial charge in [0.25, 0.3) is 0 Å². The molecule has 174 valence electrons. The lowest BCUT2D eigenvalue weighted by molar-refractivity contribution is 0.158. The Bertz CT molecular complexity index is 431. The van der Waals surface area contributed by atoms with E-state index in [4.69, 9.17) is 0 Å². The molecule has 29 heavy (non-hydrogen) atoms. The van der Waals surface area contributed by atoms with Gasteiger partial charge < -0.3 is 0 Å². The molecular weight excluding hydrogens is 348 g/mol. The van der Waals surface area contributed by atoms with Crippen LogP contribution in [0.4, 0.5) is 0 Å². The van der Waals surface area contributed by atoms with Crippen LogP contribution in [0.3, 0.4) is 0 Å². The van der Waals surface area contributed by atoms with Crippen LogP contribution in [0, 0.1) is 46.3 Å². The molecule has 1 aliphatic carbocycles. The van der Waals surface area contributed by atoms with Gasteiger partial charge in [-0.1, -0.05) is 114 Å². The van der Waals surface area contributed by atoms with Crippen molar-refractivity contribution in [3.05, 3.63) is 0 Å². The molecule has 1 fully saturated rings. The first-order valence-electron chi connectivity index (χ1n) is 13.4. The van der Waals surface area contributed by atoms with E-state index in [-0.39, 0.29) is 0 Å². The normalized spacial score (nSPS) is 25.4. The molecule has 1 rings (SSSR count). The zero-order valence-corrected chi connectivity index (χ0v) is 22.2. The van der Waals surface area contributed by atoms with Crippen molar-refractivity contribution >= 4 is 0 Å². The van der Waals surface area contributed by atoms with Crippen LogP contribution in [0.1, 0.15) is 140 Å². The van der Waals surface area contributed by atoms with E-state index in [9.17, 15) is 0 Å². The van der Waals surface area contributed by atoms with Gasteiger partial charge in [0.15, 0.2) is 0 Å². The highest BCUT2D eigenvalue weighted by atomic mass is 14.6. The van der Waals surface area contributed by atoms with E-state index in [0.29, 0.717) is 10.8 Å². The van der Waals surface area contributed by atoms with Gasteiger partial charge in [0.1, 0.15) is 0 Å². The summed E-state index contributed by atoms with van der Waals surface area (Å²) in [5.74, 6) is 5.44. The first-order valence-corrected chi connectivity index (χ1v) is 13.4. The molecule has 0 N–H and O–H groups in total. The fraction of sp³-hybridized carbons (Fsp3) is 1.00. The van der Waals surface area contributed by atoms with Gasteiger partial charge in [-0.25, -0.2) is 0 Å². The van der Waals surface area contributed by atoms with Crippen LogP contribution in [0.15, 0.2) is 0 Å². The summed E-state index contributed by atoms with van der Waals surface area (Å²) in [5, 5.41) is 0. The maximum atomic E-state index is 2.60. The van der Waals surface area contributed by atoms with Crippen LogP contribution in [0.25, 0.3) is 0 Å². The zero-order valence-electron chi connectivity index (χ0n) is 22.2. The van der Waals surface area contributed by atoms with Crippen molar-refractivity contribution in [2.24, 2.45) is 46.3 Å². The third kappa shape index (κ3) is 9.35. The first kappa shape index (κ1) is 27.0. The van der Waals surface area contributed by atoms with Gasteiger partial charge in [-0.2, -0.15) is 0 Å². The van der Waals surface area contributed by atoms with Crippen LogP contribution in [-0.2, 0) is 0 Å². The largest absolute Gasteiger partial charge is 0.0651 e. The van der Waals surface area contributed by atoms with E-state index in [2.05, 4.69) is 69.2 Å². The molecule has 0 aromatic rings. The molecule has 0 saturated heterocycles. The number of hydrogen-bond donors (Lipinski definition) is 0. The summed E-state index contributed by atoms with van der Waals surface area (Å²) < 4.78 is 0. The summed E-state index contributed by atoms with van der Waals surface area (Å²) in [5.41, 5.74) is 1.17. The first-order chi connectivity index (χ1) is 13.4. The molecule has 1 aliphatic rings. The lowest BCUT2D eigenvalue weighted by Crippen LogP contribution is -2.24. The van der Waals surface area contributed by atoms with Crippen molar-refractivity contribution in [2.75, 3.05) is 0 Å². The van der Waals surface area contributed by atoms with Crippen molar-refractivity contribution in [2.45, 2.75) is 140 Å². The molecule has 1 saturated carbocycles. The van der Waals surface area contributed by atoms with Crippen molar-refractivity contribution in [1.29, 1.82) is 0 Å². The van der Waals surface area contributed by atoms with Crippen LogP contribution < -0.4 is 0 Å². The highest BCUT2D eigenvalue weighted by Crippen LogP contribution is 2.61. The molecule has 0 amide bonds. The van der Waals surface area contributed by atoms with Gasteiger partial charge >= 0.3 is 0 Å². The van der Waals surface area contributed by atoms with E-state index >= 15 is 0 Å². The minimum Gasteiger partial charge on any atom is -0.0651 e. The third-order valence-electron chi connectivity index (χ3n) is 8.90. The van der Waals surface area contributed by atoms with Crippen LogP contribution in [0.2, 0.25) is 0 Å². The molecular formula is C29H58. The number of hydrogen-bond acceptors (Lipinski definition) is 0. The van der Waals surface area contributed by atoms with Gasteiger partial charge in [0.05, 0.1) is 0 Å². The Kier molecular flexibility index (Phi) is 11.3. The Hall–Kier alpha value is 0. The lowest BCUT2D eigenvalue weighted by atomic mass is 9.70. The summed E-state index contributed by atoms with van der Waals surface area (Å²) >= 11 is 0. The second-order valence-electron chi connectivity index (χ2n) is 12.9. The molecule has 0 radical (unpaired) electrons. The van der Waals surface area contributed by atoms with Crippen molar-refractivity contribution in [1.82, 2.24) is 0 Å². The Labute approximate surface area is 186 Å². The third-order valence-corrected chi connectivity index (χ3v) is 8.90. The van der Waals surface area contributed by atoms with E-state index in [1.54, 1.807) is 0 Å². The molecule has 0 aliphatic heterocycles. The fourth-order valence-corrected chi connectivity index (χ4v) is 6.06. The maximum absolute atomic E-state index is 2.60. The topological polar surface area (TPSA) is 0 Å². The van der Waals surface area contributed by atoms with Crippen molar-refractivity contribution in [3.8, 4) is 0 Å². The van der Waals surface area contributed by atoms with Gasteiger partial charge in [0.2, 0.25) is 0 Å². The van der Waals surface area contributed by atoms with Crippen LogP contribution in [0.5, 0.6) is 0 Å². The minimum atomic E-state index is 0.514. The lowest BCUT2D eigenvalue weighted by Gasteiger charge is -2.35. The van der Waals surface area contributed by atoms with Crippen molar-refractivity contribution < 1.29 is 0 Å². The van der Waals surface area contributed by atoms with E-state index < -0.39 is 0 Å². The van der Waals surface area contributed by atoms with Gasteiger partial charge in [-0.05, 0) is 72.0 Å². The van der Waals surface area contributed by atoms with Crippen LogP contribution >= 0.6 is 0 Å². The highest BCUT2D eigenvalue weighted by molar-refractivity contribution is 5.02. The molecule has 0 aromatic carbocycles. The Morgan fingerprint density at radius 2 is 1.41 bits per heavy atom. The Balaban J connectivity index is 2.37. The summed E-state index contributed by atoms with van der Waals surface area (Å²) in [6.45, 7) is 24.7. The monoisotopic (exact) mass is 406 g/mol. The summed E-state index contributed by atoms with van der Waals surface area (Å²) in [6.07, 6.45) is 15.7. The number of unbranched alkanes of at least 4 members (excludes halogenated alkanes) is 1. The smallest absolute Gasteiger partial charge is 0.0292 e. The summed E-state index contributed by atoms with van der Waals surface area (Å²) in [6, 6.07) is 0. The summed E-state index contributed by atoms with van der Waals surface area (Å²) in [7, 11) is 0. The molecule has 0 nitrogen and oxygen atoms in total. The Morgan fingerprint density at radius 3 is 1.97 bits per heavy atom. The van der Waals surface area contributed by atoms with Crippen molar-refractivity contribution in [3.63, 3.8) is 0 Å².